The fourth-order valence-electron chi connectivity index (χ4n) is 3.91. The summed E-state index contributed by atoms with van der Waals surface area (Å²) in [6.07, 6.45) is 0.952. The van der Waals surface area contributed by atoms with Crippen molar-refractivity contribution in [3.8, 4) is 0 Å². The summed E-state index contributed by atoms with van der Waals surface area (Å²) in [4.78, 5) is 15.0. The van der Waals surface area contributed by atoms with Gasteiger partial charge in [-0.1, -0.05) is 30.3 Å². The molecule has 7 heteroatoms. The fourth-order valence-corrected chi connectivity index (χ4v) is 5.28. The minimum absolute atomic E-state index is 0.111. The molecule has 1 heterocycles. The Bertz CT molecular complexity index is 1160. The van der Waals surface area contributed by atoms with Crippen molar-refractivity contribution in [2.75, 3.05) is 24.5 Å². The molecule has 166 valence electrons. The van der Waals surface area contributed by atoms with Crippen molar-refractivity contribution in [3.63, 3.8) is 0 Å². The standard InChI is InChI=1S/C25H25FN2O3S/c26-22-10-12-23(13-11-22)28-15-14-20(17-28)16-27-25(29)21-8-6-19(7-9-21)18-32(30,31)24-4-2-1-3-5-24/h1-13,20H,14-18H2,(H,27,29). The van der Waals surface area contributed by atoms with Crippen molar-refractivity contribution in [2.24, 2.45) is 5.92 Å². The number of amides is 1. The second kappa shape index (κ2) is 9.53. The smallest absolute Gasteiger partial charge is 0.251 e. The van der Waals surface area contributed by atoms with Crippen LogP contribution in [0.1, 0.15) is 22.3 Å². The van der Waals surface area contributed by atoms with Crippen molar-refractivity contribution in [2.45, 2.75) is 17.1 Å². The van der Waals surface area contributed by atoms with Crippen LogP contribution in [0, 0.1) is 11.7 Å². The molecular weight excluding hydrogens is 427 g/mol. The molecule has 0 spiro atoms. The molecule has 1 aliphatic heterocycles. The molecule has 1 atom stereocenters. The highest BCUT2D eigenvalue weighted by Crippen LogP contribution is 2.24. The van der Waals surface area contributed by atoms with Crippen LogP contribution in [0.5, 0.6) is 0 Å². The summed E-state index contributed by atoms with van der Waals surface area (Å²) < 4.78 is 38.1. The average Bonchev–Trinajstić information content (AvgIpc) is 3.28. The Kier molecular flexibility index (Phi) is 6.55. The second-order valence-electron chi connectivity index (χ2n) is 8.06. The predicted octanol–water partition coefficient (Wildman–Crippen LogP) is 4.06. The molecule has 0 aromatic heterocycles. The molecule has 0 aliphatic carbocycles. The number of hydrogen-bond acceptors (Lipinski definition) is 4. The maximum Gasteiger partial charge on any atom is 0.251 e. The van der Waals surface area contributed by atoms with Crippen LogP contribution in [0.3, 0.4) is 0 Å². The minimum Gasteiger partial charge on any atom is -0.371 e. The van der Waals surface area contributed by atoms with E-state index < -0.39 is 9.84 Å². The van der Waals surface area contributed by atoms with Crippen LogP contribution < -0.4 is 10.2 Å². The molecule has 3 aromatic carbocycles. The SMILES string of the molecule is O=C(NCC1CCN(c2ccc(F)cc2)C1)c1ccc(CS(=O)(=O)c2ccccc2)cc1. The number of anilines is 1. The Morgan fingerprint density at radius 1 is 0.969 bits per heavy atom. The minimum atomic E-state index is -3.42. The Hall–Kier alpha value is -3.19. The van der Waals surface area contributed by atoms with Gasteiger partial charge in [-0.3, -0.25) is 4.79 Å². The van der Waals surface area contributed by atoms with Crippen molar-refractivity contribution in [1.29, 1.82) is 0 Å². The molecule has 1 N–H and O–H groups in total. The topological polar surface area (TPSA) is 66.5 Å². The molecule has 0 radical (unpaired) electrons. The van der Waals surface area contributed by atoms with Crippen LogP contribution in [0.15, 0.2) is 83.8 Å². The average molecular weight is 453 g/mol. The van der Waals surface area contributed by atoms with Crippen molar-refractivity contribution >= 4 is 21.4 Å². The molecule has 4 rings (SSSR count). The maximum atomic E-state index is 13.1. The first-order chi connectivity index (χ1) is 15.4. The van der Waals surface area contributed by atoms with Gasteiger partial charge in [0.2, 0.25) is 0 Å². The molecule has 1 saturated heterocycles. The van der Waals surface area contributed by atoms with Crippen LogP contribution in [0.2, 0.25) is 0 Å². The van der Waals surface area contributed by atoms with Crippen LogP contribution in [-0.4, -0.2) is 34.0 Å². The van der Waals surface area contributed by atoms with Crippen molar-refractivity contribution < 1.29 is 17.6 Å². The van der Waals surface area contributed by atoms with Crippen LogP contribution in [0.25, 0.3) is 0 Å². The zero-order valence-corrected chi connectivity index (χ0v) is 18.4. The largest absolute Gasteiger partial charge is 0.371 e. The number of hydrogen-bond donors (Lipinski definition) is 1. The summed E-state index contributed by atoms with van der Waals surface area (Å²) in [6, 6.07) is 21.5. The van der Waals surface area contributed by atoms with Gasteiger partial charge >= 0.3 is 0 Å². The highest BCUT2D eigenvalue weighted by Gasteiger charge is 2.23. The third kappa shape index (κ3) is 5.34. The lowest BCUT2D eigenvalue weighted by atomic mass is 10.1. The highest BCUT2D eigenvalue weighted by molar-refractivity contribution is 7.90. The van der Waals surface area contributed by atoms with Crippen molar-refractivity contribution in [3.05, 3.63) is 95.8 Å². The number of rotatable bonds is 7. The molecule has 32 heavy (non-hydrogen) atoms. The molecule has 5 nitrogen and oxygen atoms in total. The highest BCUT2D eigenvalue weighted by atomic mass is 32.2. The monoisotopic (exact) mass is 452 g/mol. The summed E-state index contributed by atoms with van der Waals surface area (Å²) in [7, 11) is -3.42. The van der Waals surface area contributed by atoms with E-state index in [1.54, 1.807) is 66.7 Å². The van der Waals surface area contributed by atoms with Gasteiger partial charge in [-0.2, -0.15) is 0 Å². The van der Waals surface area contributed by atoms with Gasteiger partial charge < -0.3 is 10.2 Å². The molecule has 1 amide bonds. The van der Waals surface area contributed by atoms with E-state index in [-0.39, 0.29) is 22.4 Å². The fraction of sp³-hybridized carbons (Fsp3) is 0.240. The van der Waals surface area contributed by atoms with E-state index in [9.17, 15) is 17.6 Å². The van der Waals surface area contributed by atoms with Gasteiger partial charge in [-0.05, 0) is 66.4 Å². The summed E-state index contributed by atoms with van der Waals surface area (Å²) >= 11 is 0. The Morgan fingerprint density at radius 3 is 2.34 bits per heavy atom. The second-order valence-corrected chi connectivity index (χ2v) is 10.0. The lowest BCUT2D eigenvalue weighted by Gasteiger charge is -2.18. The Labute approximate surface area is 187 Å². The number of sulfone groups is 1. The lowest BCUT2D eigenvalue weighted by molar-refractivity contribution is 0.0948. The quantitative estimate of drug-likeness (QED) is 0.587. The van der Waals surface area contributed by atoms with Gasteiger partial charge in [0.25, 0.3) is 5.91 Å². The summed E-state index contributed by atoms with van der Waals surface area (Å²) in [6.45, 7) is 2.24. The summed E-state index contributed by atoms with van der Waals surface area (Å²) in [5.41, 5.74) is 2.12. The zero-order chi connectivity index (χ0) is 22.6. The van der Waals surface area contributed by atoms with E-state index in [0.29, 0.717) is 23.6 Å². The summed E-state index contributed by atoms with van der Waals surface area (Å²) in [5.74, 6) is -0.220. The van der Waals surface area contributed by atoms with E-state index in [0.717, 1.165) is 25.2 Å². The number of halogens is 1. The Morgan fingerprint density at radius 2 is 1.66 bits per heavy atom. The first-order valence-electron chi connectivity index (χ1n) is 10.6. The Balaban J connectivity index is 1.29. The third-order valence-electron chi connectivity index (χ3n) is 5.70. The molecule has 0 saturated carbocycles. The van der Waals surface area contributed by atoms with Crippen LogP contribution >= 0.6 is 0 Å². The molecule has 1 aliphatic rings. The van der Waals surface area contributed by atoms with Crippen LogP contribution in [0.4, 0.5) is 10.1 Å². The number of carbonyl (C=O) groups excluding carboxylic acids is 1. The van der Waals surface area contributed by atoms with Gasteiger partial charge in [0.15, 0.2) is 9.84 Å². The molecular formula is C25H25FN2O3S. The van der Waals surface area contributed by atoms with Gasteiger partial charge in [0, 0.05) is 30.9 Å². The molecule has 0 bridgehead atoms. The van der Waals surface area contributed by atoms with E-state index in [1.165, 1.54) is 12.1 Å². The van der Waals surface area contributed by atoms with E-state index >= 15 is 0 Å². The summed E-state index contributed by atoms with van der Waals surface area (Å²) in [5, 5.41) is 2.97. The van der Waals surface area contributed by atoms with E-state index in [4.69, 9.17) is 0 Å². The predicted molar refractivity (Wildman–Crippen MR) is 123 cm³/mol. The van der Waals surface area contributed by atoms with Gasteiger partial charge in [-0.25, -0.2) is 12.8 Å². The molecule has 1 fully saturated rings. The van der Waals surface area contributed by atoms with Gasteiger partial charge in [0.1, 0.15) is 5.82 Å². The third-order valence-corrected chi connectivity index (χ3v) is 7.41. The number of nitrogens with one attached hydrogen (secondary N) is 1. The first-order valence-corrected chi connectivity index (χ1v) is 12.2. The normalized spacial score (nSPS) is 16.2. The van der Waals surface area contributed by atoms with E-state index in [2.05, 4.69) is 10.2 Å². The number of carbonyl (C=O) groups is 1. The lowest BCUT2D eigenvalue weighted by Crippen LogP contribution is -2.31. The maximum absolute atomic E-state index is 13.1. The zero-order valence-electron chi connectivity index (χ0n) is 17.6. The number of benzene rings is 3. The molecule has 3 aromatic rings. The molecule has 1 unspecified atom stereocenters. The van der Waals surface area contributed by atoms with Crippen LogP contribution in [-0.2, 0) is 15.6 Å². The first kappa shape index (κ1) is 22.0. The van der Waals surface area contributed by atoms with Gasteiger partial charge in [-0.15, -0.1) is 0 Å². The number of nitrogens with zero attached hydrogens (tertiary/aromatic N) is 1. The van der Waals surface area contributed by atoms with E-state index in [1.807, 2.05) is 0 Å². The van der Waals surface area contributed by atoms with Crippen molar-refractivity contribution in [1.82, 2.24) is 5.32 Å². The van der Waals surface area contributed by atoms with Gasteiger partial charge in [0.05, 0.1) is 10.6 Å².